The van der Waals surface area contributed by atoms with Crippen molar-refractivity contribution >= 4 is 33.2 Å². The molecule has 0 radical (unpaired) electrons. The Morgan fingerprint density at radius 1 is 1.04 bits per heavy atom. The van der Waals surface area contributed by atoms with Crippen LogP contribution in [0.15, 0.2) is 53.3 Å². The molecule has 0 saturated heterocycles. The molecule has 4 aromatic rings. The van der Waals surface area contributed by atoms with Crippen molar-refractivity contribution in [2.24, 2.45) is 0 Å². The van der Waals surface area contributed by atoms with Gasteiger partial charge in [0.15, 0.2) is 5.52 Å². The van der Waals surface area contributed by atoms with Crippen molar-refractivity contribution in [2.45, 2.75) is 20.4 Å². The van der Waals surface area contributed by atoms with Gasteiger partial charge in [-0.15, -0.1) is 11.3 Å². The molecular weight excluding hydrogens is 366 g/mol. The van der Waals surface area contributed by atoms with Gasteiger partial charge < -0.3 is 0 Å². The summed E-state index contributed by atoms with van der Waals surface area (Å²) in [7, 11) is 0. The van der Waals surface area contributed by atoms with Gasteiger partial charge in [0, 0.05) is 10.6 Å². The molecular formula is C20H16ClN3OS. The van der Waals surface area contributed by atoms with Crippen molar-refractivity contribution < 1.29 is 0 Å². The van der Waals surface area contributed by atoms with Crippen LogP contribution in [-0.4, -0.2) is 14.8 Å². The average Bonchev–Trinajstić information content (AvgIpc) is 3.02. The molecule has 0 atom stereocenters. The van der Waals surface area contributed by atoms with Gasteiger partial charge >= 0.3 is 0 Å². The third-order valence-electron chi connectivity index (χ3n) is 4.18. The standard InChI is InChI=1S/C20H16ClN3OS/c1-12-3-5-14(6-4-12)11-24-20(25)18-19(26-13(2)22-18)17(23-24)15-7-9-16(21)10-8-15/h3-10H,11H2,1-2H3. The van der Waals surface area contributed by atoms with Crippen molar-refractivity contribution in [1.82, 2.24) is 14.8 Å². The third kappa shape index (κ3) is 3.16. The molecule has 130 valence electrons. The summed E-state index contributed by atoms with van der Waals surface area (Å²) in [4.78, 5) is 17.3. The number of rotatable bonds is 3. The summed E-state index contributed by atoms with van der Waals surface area (Å²) in [6.45, 7) is 4.35. The number of thiazole rings is 1. The molecule has 6 heteroatoms. The van der Waals surface area contributed by atoms with E-state index in [1.165, 1.54) is 21.6 Å². The number of aryl methyl sites for hydroxylation is 2. The molecule has 0 N–H and O–H groups in total. The maximum atomic E-state index is 12.9. The molecule has 2 aromatic heterocycles. The lowest BCUT2D eigenvalue weighted by Gasteiger charge is -2.09. The van der Waals surface area contributed by atoms with Crippen LogP contribution < -0.4 is 5.56 Å². The highest BCUT2D eigenvalue weighted by Crippen LogP contribution is 2.30. The molecule has 0 aliphatic carbocycles. The average molecular weight is 382 g/mol. The summed E-state index contributed by atoms with van der Waals surface area (Å²) in [6.07, 6.45) is 0. The number of hydrogen-bond donors (Lipinski definition) is 0. The Morgan fingerprint density at radius 3 is 2.42 bits per heavy atom. The highest BCUT2D eigenvalue weighted by Gasteiger charge is 2.16. The second kappa shape index (κ2) is 6.67. The van der Waals surface area contributed by atoms with Crippen molar-refractivity contribution in [3.63, 3.8) is 0 Å². The van der Waals surface area contributed by atoms with E-state index in [1.807, 2.05) is 62.4 Å². The zero-order valence-electron chi connectivity index (χ0n) is 14.4. The monoisotopic (exact) mass is 381 g/mol. The Labute approximate surface area is 159 Å². The minimum absolute atomic E-state index is 0.164. The largest absolute Gasteiger partial charge is 0.294 e. The third-order valence-corrected chi connectivity index (χ3v) is 5.41. The lowest BCUT2D eigenvalue weighted by Crippen LogP contribution is -2.24. The maximum absolute atomic E-state index is 12.9. The quantitative estimate of drug-likeness (QED) is 0.510. The molecule has 0 aliphatic rings. The minimum Gasteiger partial charge on any atom is -0.265 e. The van der Waals surface area contributed by atoms with E-state index >= 15 is 0 Å². The summed E-state index contributed by atoms with van der Waals surface area (Å²) >= 11 is 7.50. The smallest absolute Gasteiger partial charge is 0.265 e. The molecule has 0 bridgehead atoms. The maximum Gasteiger partial charge on any atom is 0.294 e. The van der Waals surface area contributed by atoms with E-state index in [2.05, 4.69) is 10.1 Å². The summed E-state index contributed by atoms with van der Waals surface area (Å²) in [5.74, 6) is 0. The highest BCUT2D eigenvalue weighted by atomic mass is 35.5. The molecule has 4 nitrogen and oxygen atoms in total. The molecule has 2 aromatic carbocycles. The van der Waals surface area contributed by atoms with Gasteiger partial charge in [0.1, 0.15) is 5.69 Å². The van der Waals surface area contributed by atoms with E-state index in [-0.39, 0.29) is 5.56 Å². The lowest BCUT2D eigenvalue weighted by molar-refractivity contribution is 0.650. The van der Waals surface area contributed by atoms with Gasteiger partial charge in [-0.05, 0) is 31.5 Å². The fourth-order valence-electron chi connectivity index (χ4n) is 2.84. The number of fused-ring (bicyclic) bond motifs is 1. The molecule has 0 saturated carbocycles. The van der Waals surface area contributed by atoms with Gasteiger partial charge in [-0.25, -0.2) is 9.67 Å². The first-order valence-electron chi connectivity index (χ1n) is 8.21. The Bertz CT molecular complexity index is 1140. The summed E-state index contributed by atoms with van der Waals surface area (Å²) in [5, 5.41) is 6.18. The van der Waals surface area contributed by atoms with Crippen molar-refractivity contribution in [1.29, 1.82) is 0 Å². The van der Waals surface area contributed by atoms with Gasteiger partial charge in [0.25, 0.3) is 5.56 Å². The van der Waals surface area contributed by atoms with Gasteiger partial charge in [-0.2, -0.15) is 5.10 Å². The lowest BCUT2D eigenvalue weighted by atomic mass is 10.1. The predicted molar refractivity (Wildman–Crippen MR) is 107 cm³/mol. The van der Waals surface area contributed by atoms with Gasteiger partial charge in [-0.3, -0.25) is 4.79 Å². The SMILES string of the molecule is Cc1ccc(Cn2nc(-c3ccc(Cl)cc3)c3sc(C)nc3c2=O)cc1. The van der Waals surface area contributed by atoms with Crippen molar-refractivity contribution in [3.8, 4) is 11.3 Å². The number of nitrogens with zero attached hydrogens (tertiary/aromatic N) is 3. The fraction of sp³-hybridized carbons (Fsp3) is 0.150. The van der Waals surface area contributed by atoms with E-state index in [0.717, 1.165) is 26.5 Å². The normalized spacial score (nSPS) is 11.2. The predicted octanol–water partition coefficient (Wildman–Crippen LogP) is 4.84. The Hall–Kier alpha value is -2.50. The van der Waals surface area contributed by atoms with E-state index in [1.54, 1.807) is 0 Å². The summed E-state index contributed by atoms with van der Waals surface area (Å²) < 4.78 is 2.31. The van der Waals surface area contributed by atoms with E-state index < -0.39 is 0 Å². The number of halogens is 1. The topological polar surface area (TPSA) is 47.8 Å². The van der Waals surface area contributed by atoms with Crippen molar-refractivity contribution in [2.75, 3.05) is 0 Å². The van der Waals surface area contributed by atoms with Crippen LogP contribution in [0.2, 0.25) is 5.02 Å². The number of aromatic nitrogens is 3. The van der Waals surface area contributed by atoms with Crippen LogP contribution in [-0.2, 0) is 6.54 Å². The van der Waals surface area contributed by atoms with E-state index in [4.69, 9.17) is 11.6 Å². The second-order valence-electron chi connectivity index (χ2n) is 6.21. The molecule has 2 heterocycles. The van der Waals surface area contributed by atoms with E-state index in [0.29, 0.717) is 17.1 Å². The molecule has 0 amide bonds. The number of benzene rings is 2. The first-order valence-corrected chi connectivity index (χ1v) is 9.40. The van der Waals surface area contributed by atoms with Crippen molar-refractivity contribution in [3.05, 3.63) is 80.0 Å². The van der Waals surface area contributed by atoms with Crippen LogP contribution in [0, 0.1) is 13.8 Å². The Balaban J connectivity index is 1.90. The summed E-state index contributed by atoms with van der Waals surface area (Å²) in [6, 6.07) is 15.6. The van der Waals surface area contributed by atoms with Crippen LogP contribution >= 0.6 is 22.9 Å². The van der Waals surface area contributed by atoms with Crippen LogP contribution in [0.1, 0.15) is 16.1 Å². The first kappa shape index (κ1) is 16.9. The summed E-state index contributed by atoms with van der Waals surface area (Å²) in [5.41, 5.74) is 4.19. The van der Waals surface area contributed by atoms with Crippen LogP contribution in [0.3, 0.4) is 0 Å². The zero-order valence-corrected chi connectivity index (χ0v) is 15.9. The molecule has 0 unspecified atom stereocenters. The van der Waals surface area contributed by atoms with Crippen LogP contribution in [0.25, 0.3) is 21.5 Å². The van der Waals surface area contributed by atoms with Gasteiger partial charge in [0.05, 0.1) is 16.3 Å². The number of hydrogen-bond acceptors (Lipinski definition) is 4. The van der Waals surface area contributed by atoms with Crippen LogP contribution in [0.4, 0.5) is 0 Å². The molecule has 0 spiro atoms. The van der Waals surface area contributed by atoms with Gasteiger partial charge in [-0.1, -0.05) is 53.6 Å². The first-order chi connectivity index (χ1) is 12.5. The molecule has 26 heavy (non-hydrogen) atoms. The van der Waals surface area contributed by atoms with Crippen LogP contribution in [0.5, 0.6) is 0 Å². The Morgan fingerprint density at radius 2 is 1.73 bits per heavy atom. The zero-order chi connectivity index (χ0) is 18.3. The molecule has 0 fully saturated rings. The molecule has 0 aliphatic heterocycles. The highest BCUT2D eigenvalue weighted by molar-refractivity contribution is 7.19. The fourth-order valence-corrected chi connectivity index (χ4v) is 3.88. The Kier molecular flexibility index (Phi) is 4.34. The van der Waals surface area contributed by atoms with E-state index in [9.17, 15) is 4.79 Å². The molecule has 4 rings (SSSR count). The minimum atomic E-state index is -0.164. The second-order valence-corrected chi connectivity index (χ2v) is 7.85. The van der Waals surface area contributed by atoms with Gasteiger partial charge in [0.2, 0.25) is 0 Å².